The first kappa shape index (κ1) is 15.3. The highest BCUT2D eigenvalue weighted by molar-refractivity contribution is 6.63. The van der Waals surface area contributed by atoms with Crippen LogP contribution in [0.2, 0.25) is 0 Å². The molecule has 1 amide bonds. The van der Waals surface area contributed by atoms with Gasteiger partial charge in [-0.1, -0.05) is 12.1 Å². The van der Waals surface area contributed by atoms with Gasteiger partial charge in [0.25, 0.3) is 0 Å². The number of esters is 1. The summed E-state index contributed by atoms with van der Waals surface area (Å²) < 4.78 is 10.1. The van der Waals surface area contributed by atoms with E-state index in [0.717, 1.165) is 5.56 Å². The molecule has 0 fully saturated rings. The Morgan fingerprint density at radius 2 is 2.29 bits per heavy atom. The molecule has 0 atom stereocenters. The van der Waals surface area contributed by atoms with Gasteiger partial charge in [0.15, 0.2) is 0 Å². The third-order valence-corrected chi connectivity index (χ3v) is 2.99. The fourth-order valence-corrected chi connectivity index (χ4v) is 2.21. The van der Waals surface area contributed by atoms with Gasteiger partial charge in [-0.05, 0) is 18.6 Å². The fraction of sp³-hybridized carbons (Fsp3) is 0.385. The lowest BCUT2D eigenvalue weighted by Gasteiger charge is -2.26. The van der Waals surface area contributed by atoms with E-state index >= 15 is 0 Å². The lowest BCUT2D eigenvalue weighted by molar-refractivity contribution is -0.141. The van der Waals surface area contributed by atoms with E-state index in [4.69, 9.17) is 9.39 Å². The number of fused-ring (bicyclic) bond motifs is 1. The van der Waals surface area contributed by atoms with Crippen molar-refractivity contribution >= 4 is 30.1 Å². The molecule has 0 saturated carbocycles. The Morgan fingerprint density at radius 3 is 2.95 bits per heavy atom. The first-order chi connectivity index (χ1) is 10.0. The van der Waals surface area contributed by atoms with E-state index in [2.05, 4.69) is 5.43 Å². The number of amides is 1. The average molecular weight is 292 g/mol. The first-order valence-corrected chi connectivity index (χ1v) is 6.64. The molecule has 0 saturated heterocycles. The Bertz CT molecular complexity index is 551. The molecule has 1 aromatic rings. The van der Waals surface area contributed by atoms with Crippen molar-refractivity contribution < 1.29 is 24.0 Å². The van der Waals surface area contributed by atoms with E-state index in [-0.39, 0.29) is 25.7 Å². The van der Waals surface area contributed by atoms with E-state index in [9.17, 15) is 14.6 Å². The zero-order chi connectivity index (χ0) is 15.4. The van der Waals surface area contributed by atoms with Crippen molar-refractivity contribution in [1.82, 2.24) is 5.43 Å². The molecule has 7 nitrogen and oxygen atoms in total. The van der Waals surface area contributed by atoms with Crippen LogP contribution in [0.3, 0.4) is 0 Å². The molecule has 0 aliphatic carbocycles. The summed E-state index contributed by atoms with van der Waals surface area (Å²) in [4.78, 5) is 23.0. The van der Waals surface area contributed by atoms with Gasteiger partial charge in [-0.25, -0.2) is 0 Å². The SMILES string of the molecule is CCOC(=O)CN(NC(C)=O)c1cccc2c1B(O)OC2. The first-order valence-electron chi connectivity index (χ1n) is 6.64. The maximum atomic E-state index is 11.7. The smallest absolute Gasteiger partial charge is 0.465 e. The van der Waals surface area contributed by atoms with E-state index in [0.29, 0.717) is 11.2 Å². The Hall–Kier alpha value is -2.06. The van der Waals surface area contributed by atoms with Gasteiger partial charge in [-0.3, -0.25) is 20.0 Å². The average Bonchev–Trinajstić information content (AvgIpc) is 2.80. The van der Waals surface area contributed by atoms with Crippen LogP contribution in [0.15, 0.2) is 18.2 Å². The zero-order valence-corrected chi connectivity index (χ0v) is 12.0. The molecule has 21 heavy (non-hydrogen) atoms. The van der Waals surface area contributed by atoms with Crippen molar-refractivity contribution in [2.75, 3.05) is 18.2 Å². The molecular weight excluding hydrogens is 275 g/mol. The number of hydrogen-bond donors (Lipinski definition) is 2. The molecule has 0 aromatic heterocycles. The lowest BCUT2D eigenvalue weighted by atomic mass is 9.78. The second-order valence-corrected chi connectivity index (χ2v) is 4.57. The number of nitrogens with one attached hydrogen (secondary N) is 1. The molecular formula is C13H17BN2O5. The fourth-order valence-electron chi connectivity index (χ4n) is 2.21. The van der Waals surface area contributed by atoms with Crippen molar-refractivity contribution in [2.45, 2.75) is 20.5 Å². The monoisotopic (exact) mass is 292 g/mol. The molecule has 1 aromatic carbocycles. The van der Waals surface area contributed by atoms with E-state index in [1.807, 2.05) is 6.07 Å². The van der Waals surface area contributed by atoms with Crippen LogP contribution in [-0.4, -0.2) is 37.2 Å². The second kappa shape index (κ2) is 6.60. The molecule has 0 radical (unpaired) electrons. The summed E-state index contributed by atoms with van der Waals surface area (Å²) in [5, 5.41) is 11.3. The quantitative estimate of drug-likeness (QED) is 0.425. The maximum Gasteiger partial charge on any atom is 0.493 e. The van der Waals surface area contributed by atoms with Crippen molar-refractivity contribution in [1.29, 1.82) is 0 Å². The minimum atomic E-state index is -1.07. The summed E-state index contributed by atoms with van der Waals surface area (Å²) in [5.74, 6) is -0.803. The van der Waals surface area contributed by atoms with Crippen LogP contribution in [0.1, 0.15) is 19.4 Å². The predicted octanol–water partition coefficient (Wildman–Crippen LogP) is -0.675. The molecule has 0 bridgehead atoms. The minimum Gasteiger partial charge on any atom is -0.465 e. The highest BCUT2D eigenvalue weighted by Gasteiger charge is 2.32. The standard InChI is InChI=1S/C13H17BN2O5/c1-3-20-12(18)7-16(15-9(2)17)11-6-4-5-10-8-21-14(19)13(10)11/h4-6,19H,3,7-8H2,1-2H3,(H,15,17). The Balaban J connectivity index is 2.31. The van der Waals surface area contributed by atoms with Crippen LogP contribution in [0, 0.1) is 0 Å². The van der Waals surface area contributed by atoms with Gasteiger partial charge in [0.1, 0.15) is 6.54 Å². The summed E-state index contributed by atoms with van der Waals surface area (Å²) >= 11 is 0. The lowest BCUT2D eigenvalue weighted by Crippen LogP contribution is -2.48. The molecule has 1 heterocycles. The van der Waals surface area contributed by atoms with E-state index in [1.165, 1.54) is 11.9 Å². The number of nitrogens with zero attached hydrogens (tertiary/aromatic N) is 1. The Kier molecular flexibility index (Phi) is 4.82. The minimum absolute atomic E-state index is 0.156. The largest absolute Gasteiger partial charge is 0.493 e. The molecule has 1 aliphatic rings. The number of carbonyl (C=O) groups excluding carboxylic acids is 2. The predicted molar refractivity (Wildman–Crippen MR) is 76.6 cm³/mol. The Labute approximate surface area is 122 Å². The molecule has 0 spiro atoms. The van der Waals surface area contributed by atoms with Gasteiger partial charge < -0.3 is 14.4 Å². The van der Waals surface area contributed by atoms with Crippen molar-refractivity contribution in [3.8, 4) is 0 Å². The molecule has 0 unspecified atom stereocenters. The van der Waals surface area contributed by atoms with Crippen LogP contribution in [0.5, 0.6) is 0 Å². The summed E-state index contributed by atoms with van der Waals surface area (Å²) in [5.41, 5.74) is 4.45. The molecule has 2 rings (SSSR count). The van der Waals surface area contributed by atoms with Crippen LogP contribution in [0.4, 0.5) is 5.69 Å². The van der Waals surface area contributed by atoms with Crippen LogP contribution in [-0.2, 0) is 25.6 Å². The van der Waals surface area contributed by atoms with Gasteiger partial charge in [0.2, 0.25) is 5.91 Å². The zero-order valence-electron chi connectivity index (χ0n) is 12.0. The third kappa shape index (κ3) is 3.53. The third-order valence-electron chi connectivity index (χ3n) is 2.99. The summed E-state index contributed by atoms with van der Waals surface area (Å²) in [6.07, 6.45) is 0. The number of ether oxygens (including phenoxy) is 1. The van der Waals surface area contributed by atoms with Gasteiger partial charge in [0.05, 0.1) is 18.9 Å². The summed E-state index contributed by atoms with van der Waals surface area (Å²) in [7, 11) is -1.07. The molecule has 1 aliphatic heterocycles. The second-order valence-electron chi connectivity index (χ2n) is 4.57. The van der Waals surface area contributed by atoms with Gasteiger partial charge >= 0.3 is 13.1 Å². The summed E-state index contributed by atoms with van der Waals surface area (Å²) in [6, 6.07) is 5.30. The van der Waals surface area contributed by atoms with E-state index in [1.54, 1.807) is 19.1 Å². The van der Waals surface area contributed by atoms with Crippen LogP contribution >= 0.6 is 0 Å². The van der Waals surface area contributed by atoms with E-state index < -0.39 is 13.1 Å². The number of hydrazine groups is 1. The molecule has 8 heteroatoms. The van der Waals surface area contributed by atoms with Crippen molar-refractivity contribution in [2.24, 2.45) is 0 Å². The van der Waals surface area contributed by atoms with Crippen molar-refractivity contribution in [3.05, 3.63) is 23.8 Å². The van der Waals surface area contributed by atoms with Crippen LogP contribution < -0.4 is 15.9 Å². The Morgan fingerprint density at radius 1 is 1.52 bits per heavy atom. The van der Waals surface area contributed by atoms with Gasteiger partial charge in [0, 0.05) is 12.4 Å². The highest BCUT2D eigenvalue weighted by atomic mass is 16.5. The maximum absolute atomic E-state index is 11.7. The number of rotatable bonds is 5. The number of carbonyl (C=O) groups is 2. The molecule has 2 N–H and O–H groups in total. The number of benzene rings is 1. The summed E-state index contributed by atoms with van der Waals surface area (Å²) in [6.45, 7) is 3.44. The number of hydrogen-bond acceptors (Lipinski definition) is 6. The van der Waals surface area contributed by atoms with Crippen LogP contribution in [0.25, 0.3) is 0 Å². The number of anilines is 1. The van der Waals surface area contributed by atoms with Gasteiger partial charge in [-0.2, -0.15) is 0 Å². The molecule has 112 valence electrons. The van der Waals surface area contributed by atoms with Gasteiger partial charge in [-0.15, -0.1) is 0 Å². The van der Waals surface area contributed by atoms with Crippen molar-refractivity contribution in [3.63, 3.8) is 0 Å². The normalized spacial score (nSPS) is 12.8. The highest BCUT2D eigenvalue weighted by Crippen LogP contribution is 2.19. The topological polar surface area (TPSA) is 88.1 Å².